The molecule has 0 spiro atoms. The van der Waals surface area contributed by atoms with Crippen LogP contribution in [0, 0.1) is 0 Å². The van der Waals surface area contributed by atoms with E-state index in [4.69, 9.17) is 19.3 Å². The lowest BCUT2D eigenvalue weighted by Crippen LogP contribution is -2.24. The number of rotatable bonds is 8. The highest BCUT2D eigenvalue weighted by Gasteiger charge is 2.16. The quantitative estimate of drug-likeness (QED) is 0.520. The maximum Gasteiger partial charge on any atom is 0.411 e. The number of aliphatic carboxylic acids is 1. The molecule has 0 aromatic heterocycles. The monoisotopic (exact) mass is 381 g/mol. The molecule has 0 aliphatic heterocycles. The second-order valence-corrected chi connectivity index (χ2v) is 12.6. The summed E-state index contributed by atoms with van der Waals surface area (Å²) in [4.78, 5) is 23.2. The Morgan fingerprint density at radius 1 is 1.15 bits per heavy atom. The van der Waals surface area contributed by atoms with Crippen LogP contribution in [0.2, 0.25) is 25.7 Å². The molecule has 0 saturated carbocycles. The smallest absolute Gasteiger partial charge is 0.411 e. The van der Waals surface area contributed by atoms with Gasteiger partial charge in [0.15, 0.2) is 11.5 Å². The zero-order chi connectivity index (χ0) is 19.9. The molecular weight excluding hydrogens is 354 g/mol. The van der Waals surface area contributed by atoms with Crippen molar-refractivity contribution >= 4 is 31.9 Å². The molecule has 0 saturated heterocycles. The van der Waals surface area contributed by atoms with Crippen molar-refractivity contribution in [2.45, 2.75) is 32.6 Å². The van der Waals surface area contributed by atoms with Crippen molar-refractivity contribution in [2.24, 2.45) is 0 Å². The van der Waals surface area contributed by atoms with Crippen molar-refractivity contribution in [1.29, 1.82) is 0 Å². The van der Waals surface area contributed by atoms with Crippen LogP contribution in [0.1, 0.15) is 12.5 Å². The lowest BCUT2D eigenvalue weighted by molar-refractivity contribution is -0.132. The summed E-state index contributed by atoms with van der Waals surface area (Å²) in [5, 5.41) is 11.8. The molecule has 2 N–H and O–H groups in total. The minimum Gasteiger partial charge on any atom is -0.493 e. The van der Waals surface area contributed by atoms with E-state index in [1.165, 1.54) is 27.2 Å². The topological polar surface area (TPSA) is 94.1 Å². The third-order valence-electron chi connectivity index (χ3n) is 3.59. The molecule has 1 aromatic carbocycles. The Bertz CT molecular complexity index is 694. The highest BCUT2D eigenvalue weighted by Crippen LogP contribution is 2.34. The number of anilines is 1. The number of hydrogen-bond acceptors (Lipinski definition) is 5. The lowest BCUT2D eigenvalue weighted by atomic mass is 10.1. The molecule has 0 aliphatic rings. The molecule has 144 valence electrons. The molecule has 26 heavy (non-hydrogen) atoms. The number of methoxy groups -OCH3 is 2. The first kappa shape index (κ1) is 21.6. The highest BCUT2D eigenvalue weighted by molar-refractivity contribution is 6.76. The van der Waals surface area contributed by atoms with E-state index in [1.54, 1.807) is 12.1 Å². The average Bonchev–Trinajstić information content (AvgIpc) is 2.54. The van der Waals surface area contributed by atoms with Crippen molar-refractivity contribution in [1.82, 2.24) is 0 Å². The number of nitrogens with one attached hydrogen (secondary N) is 1. The number of carboxylic acid groups (broad SMARTS) is 1. The molecule has 1 amide bonds. The van der Waals surface area contributed by atoms with Gasteiger partial charge in [0.1, 0.15) is 0 Å². The van der Waals surface area contributed by atoms with Gasteiger partial charge in [-0.15, -0.1) is 0 Å². The van der Waals surface area contributed by atoms with Crippen LogP contribution in [-0.2, 0) is 9.53 Å². The summed E-state index contributed by atoms with van der Waals surface area (Å²) in [5.41, 5.74) is 0.971. The minimum atomic E-state index is -1.30. The van der Waals surface area contributed by atoms with Gasteiger partial charge in [-0.1, -0.05) is 19.6 Å². The number of ether oxygens (including phenoxy) is 3. The van der Waals surface area contributed by atoms with E-state index in [9.17, 15) is 9.59 Å². The zero-order valence-corrected chi connectivity index (χ0v) is 17.1. The molecule has 1 aromatic rings. The summed E-state index contributed by atoms with van der Waals surface area (Å²) < 4.78 is 15.7. The predicted octanol–water partition coefficient (Wildman–Crippen LogP) is 4.08. The Hall–Kier alpha value is -2.48. The Morgan fingerprint density at radius 3 is 2.23 bits per heavy atom. The summed E-state index contributed by atoms with van der Waals surface area (Å²) >= 11 is 0. The fourth-order valence-electron chi connectivity index (χ4n) is 2.01. The van der Waals surface area contributed by atoms with Crippen molar-refractivity contribution in [3.63, 3.8) is 0 Å². The summed E-state index contributed by atoms with van der Waals surface area (Å²) in [6, 6.07) is 4.03. The first-order valence-electron chi connectivity index (χ1n) is 8.19. The predicted molar refractivity (Wildman–Crippen MR) is 104 cm³/mol. The molecule has 0 radical (unpaired) electrons. The molecular formula is C18H27NO6Si. The van der Waals surface area contributed by atoms with E-state index in [1.807, 2.05) is 0 Å². The second-order valence-electron chi connectivity index (χ2n) is 7.00. The van der Waals surface area contributed by atoms with Crippen LogP contribution in [0.15, 0.2) is 17.7 Å². The third kappa shape index (κ3) is 6.79. The van der Waals surface area contributed by atoms with Crippen molar-refractivity contribution < 1.29 is 28.9 Å². The van der Waals surface area contributed by atoms with E-state index < -0.39 is 20.1 Å². The Balaban J connectivity index is 3.08. The van der Waals surface area contributed by atoms with Gasteiger partial charge in [-0.3, -0.25) is 5.32 Å². The van der Waals surface area contributed by atoms with E-state index in [2.05, 4.69) is 25.0 Å². The first-order chi connectivity index (χ1) is 12.1. The fraction of sp³-hybridized carbons (Fsp3) is 0.444. The maximum absolute atomic E-state index is 12.1. The number of carbonyl (C=O) groups excluding carboxylic acids is 1. The van der Waals surface area contributed by atoms with Crippen LogP contribution in [-0.4, -0.2) is 46.1 Å². The molecule has 8 heteroatoms. The SMILES string of the molecule is COc1cc(/C=C(\C)C(=O)O)c(NC(=O)OCC[Si](C)(C)C)cc1OC. The molecule has 0 atom stereocenters. The van der Waals surface area contributed by atoms with E-state index in [-0.39, 0.29) is 5.57 Å². The maximum atomic E-state index is 12.1. The van der Waals surface area contributed by atoms with Crippen LogP contribution in [0.4, 0.5) is 10.5 Å². The van der Waals surface area contributed by atoms with Gasteiger partial charge >= 0.3 is 12.1 Å². The highest BCUT2D eigenvalue weighted by atomic mass is 28.3. The molecule has 0 bridgehead atoms. The first-order valence-corrected chi connectivity index (χ1v) is 11.9. The van der Waals surface area contributed by atoms with Crippen molar-refractivity contribution in [2.75, 3.05) is 26.1 Å². The molecule has 0 heterocycles. The Morgan fingerprint density at radius 2 is 1.73 bits per heavy atom. The molecule has 0 fully saturated rings. The molecule has 0 unspecified atom stereocenters. The Kier molecular flexibility index (Phi) is 7.69. The van der Waals surface area contributed by atoms with Crippen LogP contribution in [0.3, 0.4) is 0 Å². The van der Waals surface area contributed by atoms with Gasteiger partial charge in [-0.2, -0.15) is 0 Å². The van der Waals surface area contributed by atoms with Crippen LogP contribution < -0.4 is 14.8 Å². The van der Waals surface area contributed by atoms with Gasteiger partial charge in [-0.05, 0) is 25.1 Å². The average molecular weight is 382 g/mol. The van der Waals surface area contributed by atoms with Gasteiger partial charge in [0.25, 0.3) is 0 Å². The summed E-state index contributed by atoms with van der Waals surface area (Å²) in [6.45, 7) is 8.39. The third-order valence-corrected chi connectivity index (χ3v) is 5.29. The summed E-state index contributed by atoms with van der Waals surface area (Å²) in [7, 11) is 1.65. The summed E-state index contributed by atoms with van der Waals surface area (Å²) in [6.07, 6.45) is 0.847. The lowest BCUT2D eigenvalue weighted by Gasteiger charge is -2.17. The number of carboxylic acids is 1. The number of hydrogen-bond donors (Lipinski definition) is 2. The van der Waals surface area contributed by atoms with Crippen molar-refractivity contribution in [3.8, 4) is 11.5 Å². The van der Waals surface area contributed by atoms with Crippen LogP contribution >= 0.6 is 0 Å². The zero-order valence-electron chi connectivity index (χ0n) is 16.1. The van der Waals surface area contributed by atoms with Gasteiger partial charge in [0, 0.05) is 25.3 Å². The Labute approximate surface area is 155 Å². The van der Waals surface area contributed by atoms with E-state index in [0.717, 1.165) is 6.04 Å². The van der Waals surface area contributed by atoms with Gasteiger partial charge in [0.2, 0.25) is 0 Å². The van der Waals surface area contributed by atoms with Crippen molar-refractivity contribution in [3.05, 3.63) is 23.3 Å². The second kappa shape index (κ2) is 9.28. The van der Waals surface area contributed by atoms with E-state index in [0.29, 0.717) is 29.4 Å². The molecule has 1 rings (SSSR count). The van der Waals surface area contributed by atoms with E-state index >= 15 is 0 Å². The van der Waals surface area contributed by atoms with Gasteiger partial charge < -0.3 is 19.3 Å². The largest absolute Gasteiger partial charge is 0.493 e. The standard InChI is InChI=1S/C18H27NO6Si/c1-12(17(20)21)9-13-10-15(23-2)16(24-3)11-14(13)19-18(22)25-7-8-26(4,5)6/h9-11H,7-8H2,1-6H3,(H,19,22)(H,20,21)/b12-9+. The number of amides is 1. The summed E-state index contributed by atoms with van der Waals surface area (Å²) in [5.74, 6) is -0.215. The van der Waals surface area contributed by atoms with Gasteiger partial charge in [0.05, 0.1) is 26.5 Å². The van der Waals surface area contributed by atoms with Crippen LogP contribution in [0.5, 0.6) is 11.5 Å². The molecule has 0 aliphatic carbocycles. The van der Waals surface area contributed by atoms with Crippen LogP contribution in [0.25, 0.3) is 6.08 Å². The number of benzene rings is 1. The normalized spacial score (nSPS) is 11.7. The number of carbonyl (C=O) groups is 2. The fourth-order valence-corrected chi connectivity index (χ4v) is 2.73. The van der Waals surface area contributed by atoms with Gasteiger partial charge in [-0.25, -0.2) is 9.59 Å². The molecule has 7 nitrogen and oxygen atoms in total. The minimum absolute atomic E-state index is 0.118.